The number of hydrogen-bond acceptors (Lipinski definition) is 6. The van der Waals surface area contributed by atoms with Crippen molar-refractivity contribution in [2.45, 2.75) is 30.9 Å². The normalized spacial score (nSPS) is 22.3. The second-order valence-electron chi connectivity index (χ2n) is 6.53. The standard InChI is InChI=1S/C17H17ClFN3O4/c18-12-7-10(19)3-4-11(12)14(17(23)24)22-5-6-25-13(8-22)15-20-16(26-21-15)9-1-2-9/h3-4,7,9,13-14H,1-2,5-6,8H2,(H,23,24). The minimum Gasteiger partial charge on any atom is -0.480 e. The van der Waals surface area contributed by atoms with Gasteiger partial charge in [-0.3, -0.25) is 9.69 Å². The van der Waals surface area contributed by atoms with Crippen molar-refractivity contribution in [2.75, 3.05) is 19.7 Å². The molecule has 0 amide bonds. The molecule has 0 bridgehead atoms. The Morgan fingerprint density at radius 3 is 2.92 bits per heavy atom. The van der Waals surface area contributed by atoms with Crippen molar-refractivity contribution in [1.82, 2.24) is 15.0 Å². The number of halogens is 2. The van der Waals surface area contributed by atoms with E-state index < -0.39 is 23.9 Å². The van der Waals surface area contributed by atoms with Gasteiger partial charge in [-0.25, -0.2) is 4.39 Å². The van der Waals surface area contributed by atoms with Gasteiger partial charge in [0.15, 0.2) is 0 Å². The minimum atomic E-state index is -1.06. The second-order valence-corrected chi connectivity index (χ2v) is 6.93. The molecule has 1 aliphatic carbocycles. The Balaban J connectivity index is 1.56. The molecule has 2 fully saturated rings. The first kappa shape index (κ1) is 17.4. The number of nitrogens with zero attached hydrogens (tertiary/aromatic N) is 3. The third-order valence-electron chi connectivity index (χ3n) is 4.63. The summed E-state index contributed by atoms with van der Waals surface area (Å²) in [6, 6.07) is 2.71. The molecule has 1 aliphatic heterocycles. The summed E-state index contributed by atoms with van der Waals surface area (Å²) in [4.78, 5) is 18.0. The molecule has 1 aromatic heterocycles. The topological polar surface area (TPSA) is 88.7 Å². The second kappa shape index (κ2) is 6.94. The van der Waals surface area contributed by atoms with Crippen LogP contribution in [-0.4, -0.2) is 45.8 Å². The molecule has 1 aromatic carbocycles. The highest BCUT2D eigenvalue weighted by Gasteiger charge is 2.37. The van der Waals surface area contributed by atoms with Crippen LogP contribution in [0.2, 0.25) is 5.02 Å². The summed E-state index contributed by atoms with van der Waals surface area (Å²) in [5.41, 5.74) is 0.341. The zero-order chi connectivity index (χ0) is 18.3. The molecule has 7 nitrogen and oxygen atoms in total. The van der Waals surface area contributed by atoms with Gasteiger partial charge in [-0.15, -0.1) is 0 Å². The van der Waals surface area contributed by atoms with Crippen LogP contribution in [0, 0.1) is 5.82 Å². The van der Waals surface area contributed by atoms with Gasteiger partial charge < -0.3 is 14.4 Å². The monoisotopic (exact) mass is 381 g/mol. The first-order valence-corrected chi connectivity index (χ1v) is 8.77. The summed E-state index contributed by atoms with van der Waals surface area (Å²) in [6.45, 7) is 0.989. The first-order valence-electron chi connectivity index (χ1n) is 8.40. The molecule has 0 spiro atoms. The molecule has 0 radical (unpaired) electrons. The van der Waals surface area contributed by atoms with E-state index in [1.54, 1.807) is 4.90 Å². The van der Waals surface area contributed by atoms with Crippen molar-refractivity contribution in [1.29, 1.82) is 0 Å². The molecule has 2 aliphatic rings. The van der Waals surface area contributed by atoms with Gasteiger partial charge in [0.25, 0.3) is 0 Å². The number of aliphatic carboxylic acids is 1. The van der Waals surface area contributed by atoms with E-state index in [9.17, 15) is 14.3 Å². The molecule has 4 rings (SSSR count). The van der Waals surface area contributed by atoms with Crippen LogP contribution in [0.1, 0.15) is 48.2 Å². The number of carbonyl (C=O) groups is 1. The molecule has 9 heteroatoms. The molecule has 2 unspecified atom stereocenters. The maximum atomic E-state index is 13.3. The van der Waals surface area contributed by atoms with Crippen LogP contribution in [0.3, 0.4) is 0 Å². The van der Waals surface area contributed by atoms with Gasteiger partial charge in [0, 0.05) is 24.0 Å². The van der Waals surface area contributed by atoms with Crippen molar-refractivity contribution in [3.8, 4) is 0 Å². The van der Waals surface area contributed by atoms with E-state index >= 15 is 0 Å². The summed E-state index contributed by atoms with van der Waals surface area (Å²) in [6.07, 6.45) is 1.61. The Morgan fingerprint density at radius 2 is 2.23 bits per heavy atom. The average molecular weight is 382 g/mol. The van der Waals surface area contributed by atoms with Crippen LogP contribution in [-0.2, 0) is 9.53 Å². The molecule has 2 aromatic rings. The minimum absolute atomic E-state index is 0.0797. The van der Waals surface area contributed by atoms with Gasteiger partial charge in [0.1, 0.15) is 18.0 Å². The number of hydrogen-bond donors (Lipinski definition) is 1. The van der Waals surface area contributed by atoms with Gasteiger partial charge in [0.05, 0.1) is 6.61 Å². The van der Waals surface area contributed by atoms with Gasteiger partial charge in [-0.1, -0.05) is 22.8 Å². The molecule has 1 saturated carbocycles. The van der Waals surface area contributed by atoms with E-state index in [-0.39, 0.29) is 11.6 Å². The molecule has 1 saturated heterocycles. The van der Waals surface area contributed by atoms with E-state index in [2.05, 4.69) is 10.1 Å². The van der Waals surface area contributed by atoms with E-state index in [4.69, 9.17) is 20.9 Å². The molecular weight excluding hydrogens is 365 g/mol. The van der Waals surface area contributed by atoms with Crippen LogP contribution in [0.4, 0.5) is 4.39 Å². The number of carboxylic acids is 1. The molecule has 26 heavy (non-hydrogen) atoms. The largest absolute Gasteiger partial charge is 0.480 e. The van der Waals surface area contributed by atoms with Crippen molar-refractivity contribution in [3.05, 3.63) is 46.3 Å². The van der Waals surface area contributed by atoms with Crippen molar-refractivity contribution >= 4 is 17.6 Å². The van der Waals surface area contributed by atoms with Crippen LogP contribution in [0.5, 0.6) is 0 Å². The van der Waals surface area contributed by atoms with E-state index in [1.165, 1.54) is 12.1 Å². The highest BCUT2D eigenvalue weighted by molar-refractivity contribution is 6.31. The van der Waals surface area contributed by atoms with Crippen LogP contribution < -0.4 is 0 Å². The summed E-state index contributed by atoms with van der Waals surface area (Å²) in [5, 5.41) is 13.8. The predicted molar refractivity (Wildman–Crippen MR) is 88.3 cm³/mol. The van der Waals surface area contributed by atoms with Gasteiger partial charge in [-0.2, -0.15) is 4.98 Å². The maximum Gasteiger partial charge on any atom is 0.325 e. The van der Waals surface area contributed by atoms with Crippen molar-refractivity contribution < 1.29 is 23.6 Å². The van der Waals surface area contributed by atoms with E-state index in [0.717, 1.165) is 18.9 Å². The molecule has 2 heterocycles. The van der Waals surface area contributed by atoms with E-state index in [1.807, 2.05) is 0 Å². The third-order valence-corrected chi connectivity index (χ3v) is 4.95. The lowest BCUT2D eigenvalue weighted by atomic mass is 10.0. The predicted octanol–water partition coefficient (Wildman–Crippen LogP) is 2.94. The molecular formula is C17H17ClFN3O4. The number of aromatic nitrogens is 2. The van der Waals surface area contributed by atoms with Crippen molar-refractivity contribution in [3.63, 3.8) is 0 Å². The lowest BCUT2D eigenvalue weighted by Crippen LogP contribution is -2.43. The lowest BCUT2D eigenvalue weighted by molar-refractivity contribution is -0.147. The maximum absolute atomic E-state index is 13.3. The van der Waals surface area contributed by atoms with Crippen LogP contribution in [0.25, 0.3) is 0 Å². The lowest BCUT2D eigenvalue weighted by Gasteiger charge is -2.35. The third kappa shape index (κ3) is 3.44. The Hall–Kier alpha value is -2.03. The average Bonchev–Trinajstić information content (AvgIpc) is 3.34. The molecule has 1 N–H and O–H groups in total. The summed E-state index contributed by atoms with van der Waals surface area (Å²) < 4.78 is 24.3. The van der Waals surface area contributed by atoms with Crippen molar-refractivity contribution in [2.24, 2.45) is 0 Å². The van der Waals surface area contributed by atoms with Gasteiger partial charge in [0.2, 0.25) is 11.7 Å². The van der Waals surface area contributed by atoms with Crippen LogP contribution in [0.15, 0.2) is 22.7 Å². The number of ether oxygens (including phenoxy) is 1. The zero-order valence-electron chi connectivity index (χ0n) is 13.8. The summed E-state index contributed by atoms with van der Waals surface area (Å²) in [5.74, 6) is -0.211. The van der Waals surface area contributed by atoms with Gasteiger partial charge in [-0.05, 0) is 30.5 Å². The highest BCUT2D eigenvalue weighted by atomic mass is 35.5. The fourth-order valence-corrected chi connectivity index (χ4v) is 3.41. The number of benzene rings is 1. The first-order chi connectivity index (χ1) is 12.5. The highest BCUT2D eigenvalue weighted by Crippen LogP contribution is 2.39. The Morgan fingerprint density at radius 1 is 1.42 bits per heavy atom. The Labute approximate surface area is 153 Å². The molecule has 2 atom stereocenters. The summed E-state index contributed by atoms with van der Waals surface area (Å²) >= 11 is 6.09. The Bertz CT molecular complexity index is 826. The smallest absolute Gasteiger partial charge is 0.325 e. The van der Waals surface area contributed by atoms with E-state index in [0.29, 0.717) is 36.3 Å². The SMILES string of the molecule is O=C(O)C(c1ccc(F)cc1Cl)N1CCOC(c2noc(C3CC3)n2)C1. The zero-order valence-corrected chi connectivity index (χ0v) is 14.5. The van der Waals surface area contributed by atoms with Crippen LogP contribution >= 0.6 is 11.6 Å². The number of rotatable bonds is 5. The number of carboxylic acid groups (broad SMARTS) is 1. The Kier molecular flexibility index (Phi) is 4.64. The quantitative estimate of drug-likeness (QED) is 0.851. The number of morpholine rings is 1. The van der Waals surface area contributed by atoms with Gasteiger partial charge >= 0.3 is 5.97 Å². The fourth-order valence-electron chi connectivity index (χ4n) is 3.14. The summed E-state index contributed by atoms with van der Waals surface area (Å²) in [7, 11) is 0. The fraction of sp³-hybridized carbons (Fsp3) is 0.471. The molecule has 138 valence electrons.